The SMILES string of the molecule is CN1[CH-]N(c2[c-]c(Oc3[c-]c4c(cc3)c3ccccc3n4-c3[c-]cccc3)cc(C(C)(C)C)c2)c2ccccc21.[Pt+4]. The summed E-state index contributed by atoms with van der Waals surface area (Å²) in [4.78, 5) is 4.31. The van der Waals surface area contributed by atoms with Crippen LogP contribution in [0.2, 0.25) is 0 Å². The van der Waals surface area contributed by atoms with Crippen molar-refractivity contribution in [1.29, 1.82) is 0 Å². The van der Waals surface area contributed by atoms with Crippen LogP contribution >= 0.6 is 0 Å². The van der Waals surface area contributed by atoms with Crippen LogP contribution in [0, 0.1) is 24.9 Å². The molecule has 5 aromatic carbocycles. The molecule has 0 atom stereocenters. The van der Waals surface area contributed by atoms with Gasteiger partial charge in [-0.05, 0) is 36.0 Å². The zero-order chi connectivity index (χ0) is 27.4. The molecule has 0 N–H and O–H groups in total. The van der Waals surface area contributed by atoms with E-state index in [0.29, 0.717) is 11.5 Å². The van der Waals surface area contributed by atoms with Crippen LogP contribution in [0.5, 0.6) is 11.5 Å². The fourth-order valence-corrected chi connectivity index (χ4v) is 5.43. The van der Waals surface area contributed by atoms with Crippen molar-refractivity contribution in [3.63, 3.8) is 0 Å². The number of anilines is 3. The van der Waals surface area contributed by atoms with Crippen molar-refractivity contribution in [3.8, 4) is 17.2 Å². The molecule has 41 heavy (non-hydrogen) atoms. The first-order chi connectivity index (χ1) is 19.4. The minimum atomic E-state index is -0.0731. The van der Waals surface area contributed by atoms with Gasteiger partial charge in [-0.25, -0.2) is 0 Å². The maximum atomic E-state index is 6.54. The largest absolute Gasteiger partial charge is 4.00 e. The molecule has 0 amide bonds. The average molecular weight is 715 g/mol. The van der Waals surface area contributed by atoms with Gasteiger partial charge in [0.05, 0.1) is 0 Å². The van der Waals surface area contributed by atoms with Crippen LogP contribution in [-0.4, -0.2) is 11.6 Å². The Morgan fingerprint density at radius 1 is 0.732 bits per heavy atom. The first-order valence-corrected chi connectivity index (χ1v) is 13.5. The topological polar surface area (TPSA) is 20.6 Å². The van der Waals surface area contributed by atoms with Gasteiger partial charge in [-0.1, -0.05) is 62.3 Å². The van der Waals surface area contributed by atoms with Crippen LogP contribution in [0.3, 0.4) is 0 Å². The molecule has 204 valence electrons. The van der Waals surface area contributed by atoms with Crippen LogP contribution in [0.4, 0.5) is 17.1 Å². The first-order valence-electron chi connectivity index (χ1n) is 13.5. The summed E-state index contributed by atoms with van der Waals surface area (Å²) in [5.74, 6) is 1.30. The van der Waals surface area contributed by atoms with Crippen molar-refractivity contribution in [2.24, 2.45) is 0 Å². The molecular formula is C36H29N3OPt. The molecule has 0 aliphatic carbocycles. The van der Waals surface area contributed by atoms with Crippen molar-refractivity contribution >= 4 is 38.9 Å². The van der Waals surface area contributed by atoms with E-state index in [0.717, 1.165) is 39.2 Å². The van der Waals surface area contributed by atoms with E-state index in [1.54, 1.807) is 0 Å². The predicted octanol–water partition coefficient (Wildman–Crippen LogP) is 8.98. The summed E-state index contributed by atoms with van der Waals surface area (Å²) in [7, 11) is 2.07. The van der Waals surface area contributed by atoms with Crippen molar-refractivity contribution in [3.05, 3.63) is 127 Å². The Kier molecular flexibility index (Phi) is 6.91. The standard InChI is InChI=1S/C36H29N3O.Pt/c1-36(2,3)25-20-27(38-24-37(4)33-16-10-11-17-34(33)38)22-29(21-25)40-28-18-19-31-30-14-8-9-15-32(30)39(35(31)23-28)26-12-6-5-7-13-26;/h5-12,14-21,24H,1-4H3;/q-4;+4. The van der Waals surface area contributed by atoms with Gasteiger partial charge >= 0.3 is 21.1 Å². The third-order valence-corrected chi connectivity index (χ3v) is 7.48. The molecule has 2 heterocycles. The molecule has 0 fully saturated rings. The average Bonchev–Trinajstić information content (AvgIpc) is 3.47. The van der Waals surface area contributed by atoms with E-state index < -0.39 is 0 Å². The first kappa shape index (κ1) is 27.2. The maximum absolute atomic E-state index is 6.54. The molecule has 0 saturated heterocycles. The molecule has 7 rings (SSSR count). The third-order valence-electron chi connectivity index (χ3n) is 7.48. The molecule has 1 aliphatic rings. The molecule has 0 bridgehead atoms. The molecule has 0 unspecified atom stereocenters. The summed E-state index contributed by atoms with van der Waals surface area (Å²) < 4.78 is 8.73. The Labute approximate surface area is 256 Å². The summed E-state index contributed by atoms with van der Waals surface area (Å²) in [6, 6.07) is 43.8. The second-order valence-electron chi connectivity index (χ2n) is 11.2. The zero-order valence-corrected chi connectivity index (χ0v) is 25.7. The van der Waals surface area contributed by atoms with E-state index in [1.807, 2.05) is 24.3 Å². The van der Waals surface area contributed by atoms with Crippen molar-refractivity contribution in [2.75, 3.05) is 16.8 Å². The fourth-order valence-electron chi connectivity index (χ4n) is 5.43. The molecule has 0 spiro atoms. The minimum absolute atomic E-state index is 0. The monoisotopic (exact) mass is 714 g/mol. The quantitative estimate of drug-likeness (QED) is 0.170. The summed E-state index contributed by atoms with van der Waals surface area (Å²) >= 11 is 0. The van der Waals surface area contributed by atoms with Gasteiger partial charge in [0, 0.05) is 28.4 Å². The van der Waals surface area contributed by atoms with Gasteiger partial charge in [-0.2, -0.15) is 37.0 Å². The van der Waals surface area contributed by atoms with Crippen molar-refractivity contribution < 1.29 is 25.8 Å². The van der Waals surface area contributed by atoms with Crippen LogP contribution in [0.15, 0.2) is 97.1 Å². The second kappa shape index (κ2) is 10.4. The number of nitrogens with zero attached hydrogens (tertiary/aromatic N) is 3. The van der Waals surface area contributed by atoms with E-state index in [4.69, 9.17) is 4.74 Å². The Bertz CT molecular complexity index is 1870. The van der Waals surface area contributed by atoms with Gasteiger partial charge in [0.2, 0.25) is 0 Å². The molecule has 4 nitrogen and oxygen atoms in total. The van der Waals surface area contributed by atoms with Crippen molar-refractivity contribution in [1.82, 2.24) is 4.57 Å². The maximum Gasteiger partial charge on any atom is 4.00 e. The predicted molar refractivity (Wildman–Crippen MR) is 164 cm³/mol. The Morgan fingerprint density at radius 3 is 2.27 bits per heavy atom. The van der Waals surface area contributed by atoms with E-state index in [1.165, 1.54) is 10.9 Å². The Hall–Kier alpha value is -4.01. The zero-order valence-electron chi connectivity index (χ0n) is 23.4. The number of para-hydroxylation sites is 4. The smallest absolute Gasteiger partial charge is 0.509 e. The molecule has 0 radical (unpaired) electrons. The van der Waals surface area contributed by atoms with Gasteiger partial charge in [0.1, 0.15) is 0 Å². The fraction of sp³-hybridized carbons (Fsp3) is 0.139. The summed E-state index contributed by atoms with van der Waals surface area (Å²) in [5.41, 5.74) is 7.35. The van der Waals surface area contributed by atoms with Crippen molar-refractivity contribution in [2.45, 2.75) is 26.2 Å². The second-order valence-corrected chi connectivity index (χ2v) is 11.2. The number of hydrogen-bond donors (Lipinski definition) is 0. The number of hydrogen-bond acceptors (Lipinski definition) is 3. The number of ether oxygens (including phenoxy) is 1. The third kappa shape index (κ3) is 4.81. The molecule has 5 heteroatoms. The van der Waals surface area contributed by atoms with Gasteiger partial charge in [0.15, 0.2) is 0 Å². The van der Waals surface area contributed by atoms with Crippen LogP contribution in [0.25, 0.3) is 27.5 Å². The molecule has 1 aromatic heterocycles. The van der Waals surface area contributed by atoms with Gasteiger partial charge in [-0.3, -0.25) is 0 Å². The molecule has 0 saturated carbocycles. The molecular weight excluding hydrogens is 685 g/mol. The summed E-state index contributed by atoms with van der Waals surface area (Å²) in [5, 5.41) is 2.30. The van der Waals surface area contributed by atoms with E-state index in [2.05, 4.69) is 140 Å². The van der Waals surface area contributed by atoms with E-state index >= 15 is 0 Å². The van der Waals surface area contributed by atoms with Crippen LogP contribution < -0.4 is 14.5 Å². The van der Waals surface area contributed by atoms with Crippen LogP contribution in [-0.2, 0) is 26.5 Å². The number of aromatic nitrogens is 1. The number of rotatable bonds is 4. The Morgan fingerprint density at radius 2 is 1.49 bits per heavy atom. The molecule has 6 aromatic rings. The minimum Gasteiger partial charge on any atom is -0.509 e. The normalized spacial score (nSPS) is 13.0. The summed E-state index contributed by atoms with van der Waals surface area (Å²) in [6.45, 7) is 8.75. The van der Waals surface area contributed by atoms with Crippen LogP contribution in [0.1, 0.15) is 26.3 Å². The van der Waals surface area contributed by atoms with E-state index in [-0.39, 0.29) is 26.5 Å². The van der Waals surface area contributed by atoms with Gasteiger partial charge in [0.25, 0.3) is 0 Å². The molecule has 1 aliphatic heterocycles. The Balaban J connectivity index is 0.00000302. The van der Waals surface area contributed by atoms with Gasteiger partial charge in [-0.15, -0.1) is 53.0 Å². The summed E-state index contributed by atoms with van der Waals surface area (Å²) in [6.07, 6.45) is 0. The van der Waals surface area contributed by atoms with E-state index in [9.17, 15) is 0 Å². The van der Waals surface area contributed by atoms with Gasteiger partial charge < -0.3 is 19.1 Å². The number of benzene rings is 5. The number of fused-ring (bicyclic) bond motifs is 4.